The van der Waals surface area contributed by atoms with E-state index >= 15 is 0 Å². The summed E-state index contributed by atoms with van der Waals surface area (Å²) in [4.78, 5) is 26.7. The Morgan fingerprint density at radius 1 is 1.07 bits per heavy atom. The summed E-state index contributed by atoms with van der Waals surface area (Å²) in [7, 11) is 3.19. The first-order chi connectivity index (χ1) is 13.1. The van der Waals surface area contributed by atoms with Crippen LogP contribution in [0.1, 0.15) is 41.5 Å². The molecule has 27 heavy (non-hydrogen) atoms. The number of nitrogens with one attached hydrogen (secondary N) is 1. The third kappa shape index (κ3) is 3.25. The lowest BCUT2D eigenvalue weighted by atomic mass is 9.74. The van der Waals surface area contributed by atoms with Crippen LogP contribution >= 0.6 is 11.3 Å². The van der Waals surface area contributed by atoms with E-state index in [2.05, 4.69) is 11.4 Å². The Kier molecular flexibility index (Phi) is 4.74. The second-order valence-electron chi connectivity index (χ2n) is 6.85. The van der Waals surface area contributed by atoms with E-state index in [0.717, 1.165) is 11.3 Å². The SMILES string of the molecule is COc1ccc(OC)c([C@H]2CC(=O)NC3=C2C(=O)C[C@@H](c2cccs2)C3)c1. The molecule has 0 spiro atoms. The lowest BCUT2D eigenvalue weighted by Crippen LogP contribution is -2.38. The zero-order chi connectivity index (χ0) is 19.0. The lowest BCUT2D eigenvalue weighted by Gasteiger charge is -2.34. The van der Waals surface area contributed by atoms with E-state index in [9.17, 15) is 9.59 Å². The van der Waals surface area contributed by atoms with Crippen LogP contribution < -0.4 is 14.8 Å². The summed E-state index contributed by atoms with van der Waals surface area (Å²) in [6.07, 6.45) is 1.38. The molecule has 1 N–H and O–H groups in total. The molecular weight excluding hydrogens is 362 g/mol. The van der Waals surface area contributed by atoms with Gasteiger partial charge in [-0.1, -0.05) is 6.07 Å². The molecule has 1 aromatic heterocycles. The molecule has 140 valence electrons. The average molecular weight is 383 g/mol. The van der Waals surface area contributed by atoms with Crippen molar-refractivity contribution in [1.29, 1.82) is 0 Å². The fourth-order valence-corrected chi connectivity index (χ4v) is 4.89. The molecule has 6 heteroatoms. The molecule has 1 aliphatic heterocycles. The Morgan fingerprint density at radius 2 is 1.93 bits per heavy atom. The number of allylic oxidation sites excluding steroid dienone is 2. The smallest absolute Gasteiger partial charge is 0.225 e. The van der Waals surface area contributed by atoms with Gasteiger partial charge in [-0.15, -0.1) is 11.3 Å². The van der Waals surface area contributed by atoms with Gasteiger partial charge in [-0.25, -0.2) is 0 Å². The van der Waals surface area contributed by atoms with Gasteiger partial charge in [0.1, 0.15) is 11.5 Å². The van der Waals surface area contributed by atoms with Gasteiger partial charge in [0.25, 0.3) is 0 Å². The number of hydrogen-bond donors (Lipinski definition) is 1. The molecule has 0 unspecified atom stereocenters. The average Bonchev–Trinajstić information content (AvgIpc) is 3.21. The van der Waals surface area contributed by atoms with E-state index < -0.39 is 0 Å². The van der Waals surface area contributed by atoms with Crippen molar-refractivity contribution in [2.24, 2.45) is 0 Å². The number of carbonyl (C=O) groups excluding carboxylic acids is 2. The van der Waals surface area contributed by atoms with Crippen molar-refractivity contribution in [3.05, 3.63) is 57.4 Å². The number of rotatable bonds is 4. The van der Waals surface area contributed by atoms with E-state index in [0.29, 0.717) is 29.9 Å². The van der Waals surface area contributed by atoms with Crippen LogP contribution in [0.4, 0.5) is 0 Å². The van der Waals surface area contributed by atoms with Crippen molar-refractivity contribution in [1.82, 2.24) is 5.32 Å². The summed E-state index contributed by atoms with van der Waals surface area (Å²) >= 11 is 1.66. The maximum Gasteiger partial charge on any atom is 0.225 e. The first-order valence-electron chi connectivity index (χ1n) is 8.92. The van der Waals surface area contributed by atoms with Gasteiger partial charge in [0.05, 0.1) is 14.2 Å². The Morgan fingerprint density at radius 3 is 2.63 bits per heavy atom. The predicted molar refractivity (Wildman–Crippen MR) is 103 cm³/mol. The number of hydrogen-bond acceptors (Lipinski definition) is 5. The van der Waals surface area contributed by atoms with Gasteiger partial charge in [0.15, 0.2) is 5.78 Å². The van der Waals surface area contributed by atoms with E-state index in [1.54, 1.807) is 25.6 Å². The topological polar surface area (TPSA) is 64.6 Å². The van der Waals surface area contributed by atoms with Crippen molar-refractivity contribution >= 4 is 23.0 Å². The molecule has 2 aromatic rings. The number of amides is 1. The number of ether oxygens (including phenoxy) is 2. The molecule has 0 radical (unpaired) electrons. The third-order valence-electron chi connectivity index (χ3n) is 5.29. The van der Waals surface area contributed by atoms with Gasteiger partial charge in [-0.05, 0) is 36.1 Å². The highest BCUT2D eigenvalue weighted by Gasteiger charge is 2.39. The van der Waals surface area contributed by atoms with E-state index in [1.807, 2.05) is 29.6 Å². The molecule has 2 atom stereocenters. The number of Topliss-reactive ketones (excluding diaryl/α,β-unsaturated/α-hetero) is 1. The van der Waals surface area contributed by atoms with Crippen molar-refractivity contribution in [2.45, 2.75) is 31.1 Å². The third-order valence-corrected chi connectivity index (χ3v) is 6.33. The maximum atomic E-state index is 13.1. The number of ketones is 1. The largest absolute Gasteiger partial charge is 0.497 e. The van der Waals surface area contributed by atoms with Crippen LogP contribution in [0.3, 0.4) is 0 Å². The number of thiophene rings is 1. The zero-order valence-corrected chi connectivity index (χ0v) is 16.1. The van der Waals surface area contributed by atoms with Gasteiger partial charge in [-0.3, -0.25) is 9.59 Å². The molecule has 0 fully saturated rings. The van der Waals surface area contributed by atoms with Crippen LogP contribution in [0, 0.1) is 0 Å². The van der Waals surface area contributed by atoms with Gasteiger partial charge in [0, 0.05) is 46.4 Å². The molecule has 0 saturated carbocycles. The summed E-state index contributed by atoms with van der Waals surface area (Å²) in [5.74, 6) is 1.19. The molecule has 4 rings (SSSR count). The Hall–Kier alpha value is -2.60. The molecule has 2 heterocycles. The van der Waals surface area contributed by atoms with E-state index in [4.69, 9.17) is 9.47 Å². The molecule has 1 aliphatic carbocycles. The highest BCUT2D eigenvalue weighted by molar-refractivity contribution is 7.10. The summed E-state index contributed by atoms with van der Waals surface area (Å²) in [5, 5.41) is 4.98. The normalized spacial score (nSPS) is 22.3. The fraction of sp³-hybridized carbons (Fsp3) is 0.333. The number of benzene rings is 1. The van der Waals surface area contributed by atoms with Gasteiger partial charge < -0.3 is 14.8 Å². The van der Waals surface area contributed by atoms with Gasteiger partial charge in [0.2, 0.25) is 5.91 Å². The van der Waals surface area contributed by atoms with Crippen LogP contribution in [0.5, 0.6) is 11.5 Å². The maximum absolute atomic E-state index is 13.1. The van der Waals surface area contributed by atoms with Gasteiger partial charge in [-0.2, -0.15) is 0 Å². The minimum atomic E-state index is -0.310. The second kappa shape index (κ2) is 7.19. The summed E-state index contributed by atoms with van der Waals surface area (Å²) < 4.78 is 10.9. The molecule has 0 bridgehead atoms. The Balaban J connectivity index is 1.77. The standard InChI is InChI=1S/C21H21NO4S/c1-25-13-5-6-18(26-2)14(10-13)15-11-20(24)22-16-8-12(9-17(23)21(15)16)19-4-3-7-27-19/h3-7,10,12,15H,8-9,11H2,1-2H3,(H,22,24)/t12-,15+/m0/s1. The monoisotopic (exact) mass is 383 g/mol. The highest BCUT2D eigenvalue weighted by atomic mass is 32.1. The lowest BCUT2D eigenvalue weighted by molar-refractivity contribution is -0.122. The molecule has 2 aliphatic rings. The van der Waals surface area contributed by atoms with Gasteiger partial charge >= 0.3 is 0 Å². The first-order valence-corrected chi connectivity index (χ1v) is 9.80. The number of methoxy groups -OCH3 is 2. The van der Waals surface area contributed by atoms with E-state index in [-0.39, 0.29) is 29.9 Å². The second-order valence-corrected chi connectivity index (χ2v) is 7.83. The molecule has 0 saturated heterocycles. The van der Waals surface area contributed by atoms with Crippen molar-refractivity contribution in [3.63, 3.8) is 0 Å². The molecular formula is C21H21NO4S. The highest BCUT2D eigenvalue weighted by Crippen LogP contribution is 2.45. The molecule has 5 nitrogen and oxygen atoms in total. The molecule has 1 aromatic carbocycles. The van der Waals surface area contributed by atoms with Crippen LogP contribution in [-0.2, 0) is 9.59 Å². The van der Waals surface area contributed by atoms with Crippen LogP contribution in [0.25, 0.3) is 0 Å². The zero-order valence-electron chi connectivity index (χ0n) is 15.3. The van der Waals surface area contributed by atoms with Crippen molar-refractivity contribution < 1.29 is 19.1 Å². The van der Waals surface area contributed by atoms with Crippen LogP contribution in [0.2, 0.25) is 0 Å². The molecule has 1 amide bonds. The van der Waals surface area contributed by atoms with Crippen LogP contribution in [0.15, 0.2) is 47.0 Å². The Labute approximate surface area is 162 Å². The summed E-state index contributed by atoms with van der Waals surface area (Å²) in [6.45, 7) is 0. The first kappa shape index (κ1) is 17.8. The van der Waals surface area contributed by atoms with Crippen molar-refractivity contribution in [2.75, 3.05) is 14.2 Å². The summed E-state index contributed by atoms with van der Waals surface area (Å²) in [6, 6.07) is 9.56. The van der Waals surface area contributed by atoms with Crippen LogP contribution in [-0.4, -0.2) is 25.9 Å². The fourth-order valence-electron chi connectivity index (χ4n) is 4.06. The van der Waals surface area contributed by atoms with Crippen molar-refractivity contribution in [3.8, 4) is 11.5 Å². The number of carbonyl (C=O) groups is 2. The quantitative estimate of drug-likeness (QED) is 0.873. The van der Waals surface area contributed by atoms with E-state index in [1.165, 1.54) is 4.88 Å². The predicted octanol–water partition coefficient (Wildman–Crippen LogP) is 3.77. The Bertz CT molecular complexity index is 916. The summed E-state index contributed by atoms with van der Waals surface area (Å²) in [5.41, 5.74) is 2.30. The minimum Gasteiger partial charge on any atom is -0.497 e. The minimum absolute atomic E-state index is 0.0664.